The zero-order chi connectivity index (χ0) is 12.0. The molecular formula is C12H16BrCl2N. The van der Waals surface area contributed by atoms with Crippen LogP contribution in [0.2, 0.25) is 10.0 Å². The van der Waals surface area contributed by atoms with Gasteiger partial charge in [0.05, 0.1) is 0 Å². The lowest BCUT2D eigenvalue weighted by Crippen LogP contribution is -2.17. The fourth-order valence-electron chi connectivity index (χ4n) is 1.36. The molecule has 1 aromatic rings. The van der Waals surface area contributed by atoms with Gasteiger partial charge in [-0.25, -0.2) is 0 Å². The van der Waals surface area contributed by atoms with Crippen LogP contribution in [-0.4, -0.2) is 11.4 Å². The van der Waals surface area contributed by atoms with E-state index < -0.39 is 0 Å². The molecule has 0 radical (unpaired) electrons. The Hall–Kier alpha value is 0.240. The van der Waals surface area contributed by atoms with E-state index in [0.29, 0.717) is 4.83 Å². The largest absolute Gasteiger partial charge is 0.313 e. The van der Waals surface area contributed by atoms with Crippen molar-refractivity contribution in [2.45, 2.75) is 31.1 Å². The van der Waals surface area contributed by atoms with Gasteiger partial charge in [0.15, 0.2) is 0 Å². The lowest BCUT2D eigenvalue weighted by molar-refractivity contribution is 0.630. The average molecular weight is 325 g/mol. The predicted octanol–water partition coefficient (Wildman–Crippen LogP) is 4.65. The Balaban J connectivity index is 2.34. The lowest BCUT2D eigenvalue weighted by atomic mass is 10.2. The van der Waals surface area contributed by atoms with Crippen molar-refractivity contribution >= 4 is 39.1 Å². The molecule has 1 aromatic carbocycles. The van der Waals surface area contributed by atoms with Crippen LogP contribution in [0.4, 0.5) is 0 Å². The molecule has 0 aliphatic rings. The summed E-state index contributed by atoms with van der Waals surface area (Å²) in [5.41, 5.74) is 1.05. The van der Waals surface area contributed by atoms with Gasteiger partial charge in [0.1, 0.15) is 0 Å². The Kier molecular flexibility index (Phi) is 6.74. The first kappa shape index (κ1) is 14.3. The molecule has 0 spiro atoms. The third-order valence-electron chi connectivity index (χ3n) is 2.40. The first-order valence-corrected chi connectivity index (χ1v) is 7.09. The minimum atomic E-state index is 0.592. The van der Waals surface area contributed by atoms with E-state index in [2.05, 4.69) is 28.2 Å². The van der Waals surface area contributed by atoms with Gasteiger partial charge in [-0.1, -0.05) is 46.1 Å². The maximum atomic E-state index is 6.06. The summed E-state index contributed by atoms with van der Waals surface area (Å²) in [4.78, 5) is 0.592. The molecular weight excluding hydrogens is 309 g/mol. The van der Waals surface area contributed by atoms with E-state index in [-0.39, 0.29) is 0 Å². The maximum Gasteiger partial charge on any atom is 0.0451 e. The molecule has 1 atom stereocenters. The van der Waals surface area contributed by atoms with E-state index >= 15 is 0 Å². The number of nitrogens with one attached hydrogen (secondary N) is 1. The average Bonchev–Trinajstić information content (AvgIpc) is 2.28. The molecule has 1 N–H and O–H groups in total. The Morgan fingerprint density at radius 3 is 2.81 bits per heavy atom. The van der Waals surface area contributed by atoms with Gasteiger partial charge >= 0.3 is 0 Å². The number of hydrogen-bond donors (Lipinski definition) is 1. The van der Waals surface area contributed by atoms with E-state index in [9.17, 15) is 0 Å². The van der Waals surface area contributed by atoms with Crippen molar-refractivity contribution in [3.8, 4) is 0 Å². The number of rotatable bonds is 6. The van der Waals surface area contributed by atoms with Gasteiger partial charge in [0.25, 0.3) is 0 Å². The van der Waals surface area contributed by atoms with Gasteiger partial charge in [-0.15, -0.1) is 0 Å². The van der Waals surface area contributed by atoms with Gasteiger partial charge in [-0.05, 0) is 43.1 Å². The quantitative estimate of drug-likeness (QED) is 0.593. The normalized spacial score (nSPS) is 12.8. The van der Waals surface area contributed by atoms with Crippen LogP contribution >= 0.6 is 39.1 Å². The number of alkyl halides is 1. The van der Waals surface area contributed by atoms with Crippen molar-refractivity contribution in [1.29, 1.82) is 0 Å². The zero-order valence-corrected chi connectivity index (χ0v) is 12.4. The summed E-state index contributed by atoms with van der Waals surface area (Å²) in [7, 11) is 0. The zero-order valence-electron chi connectivity index (χ0n) is 9.27. The summed E-state index contributed by atoms with van der Waals surface area (Å²) in [5.74, 6) is 0. The second kappa shape index (κ2) is 7.54. The monoisotopic (exact) mass is 323 g/mol. The number of benzene rings is 1. The van der Waals surface area contributed by atoms with Crippen LogP contribution in [0.25, 0.3) is 0 Å². The van der Waals surface area contributed by atoms with Crippen molar-refractivity contribution < 1.29 is 0 Å². The van der Waals surface area contributed by atoms with Gasteiger partial charge in [0.2, 0.25) is 0 Å². The Labute approximate surface area is 116 Å². The van der Waals surface area contributed by atoms with Crippen molar-refractivity contribution in [3.05, 3.63) is 33.8 Å². The SMILES string of the molecule is CCC(Br)CCNCc1cc(Cl)ccc1Cl. The molecule has 0 heterocycles. The molecule has 16 heavy (non-hydrogen) atoms. The summed E-state index contributed by atoms with van der Waals surface area (Å²) in [5, 5.41) is 4.86. The highest BCUT2D eigenvalue weighted by Gasteiger charge is 2.02. The molecule has 0 aromatic heterocycles. The smallest absolute Gasteiger partial charge is 0.0451 e. The second-order valence-electron chi connectivity index (χ2n) is 3.71. The van der Waals surface area contributed by atoms with Crippen molar-refractivity contribution in [1.82, 2.24) is 5.32 Å². The highest BCUT2D eigenvalue weighted by Crippen LogP contribution is 2.20. The molecule has 0 saturated heterocycles. The van der Waals surface area contributed by atoms with Crippen molar-refractivity contribution in [2.75, 3.05) is 6.54 Å². The summed E-state index contributed by atoms with van der Waals surface area (Å²) < 4.78 is 0. The number of halogens is 3. The van der Waals surface area contributed by atoms with Crippen LogP contribution in [0.1, 0.15) is 25.3 Å². The third-order valence-corrected chi connectivity index (χ3v) is 4.11. The summed E-state index contributed by atoms with van der Waals surface area (Å²) >= 11 is 15.6. The van der Waals surface area contributed by atoms with Crippen molar-refractivity contribution in [3.63, 3.8) is 0 Å². The fourth-order valence-corrected chi connectivity index (χ4v) is 1.97. The number of hydrogen-bond acceptors (Lipinski definition) is 1. The molecule has 1 unspecified atom stereocenters. The highest BCUT2D eigenvalue weighted by molar-refractivity contribution is 9.09. The summed E-state index contributed by atoms with van der Waals surface area (Å²) in [6.45, 7) is 3.92. The Morgan fingerprint density at radius 2 is 2.12 bits per heavy atom. The Morgan fingerprint density at radius 1 is 1.38 bits per heavy atom. The van der Waals surface area contributed by atoms with Crippen LogP contribution in [0, 0.1) is 0 Å². The molecule has 0 amide bonds. The second-order valence-corrected chi connectivity index (χ2v) is 5.85. The summed E-state index contributed by atoms with van der Waals surface area (Å²) in [6, 6.07) is 5.54. The van der Waals surface area contributed by atoms with Crippen LogP contribution in [0.3, 0.4) is 0 Å². The van der Waals surface area contributed by atoms with Gasteiger partial charge in [-0.2, -0.15) is 0 Å². The Bertz CT molecular complexity index is 331. The first-order valence-electron chi connectivity index (χ1n) is 5.42. The van der Waals surface area contributed by atoms with Gasteiger partial charge in [0, 0.05) is 21.4 Å². The van der Waals surface area contributed by atoms with E-state index in [1.165, 1.54) is 0 Å². The van der Waals surface area contributed by atoms with Crippen LogP contribution < -0.4 is 5.32 Å². The van der Waals surface area contributed by atoms with E-state index in [1.807, 2.05) is 12.1 Å². The van der Waals surface area contributed by atoms with Crippen LogP contribution in [0.5, 0.6) is 0 Å². The van der Waals surface area contributed by atoms with Gasteiger partial charge < -0.3 is 5.32 Å². The topological polar surface area (TPSA) is 12.0 Å². The first-order chi connectivity index (χ1) is 7.63. The third kappa shape index (κ3) is 5.05. The molecule has 0 aliphatic carbocycles. The highest BCUT2D eigenvalue weighted by atomic mass is 79.9. The van der Waals surface area contributed by atoms with E-state index in [4.69, 9.17) is 23.2 Å². The van der Waals surface area contributed by atoms with Crippen LogP contribution in [-0.2, 0) is 6.54 Å². The minimum Gasteiger partial charge on any atom is -0.313 e. The lowest BCUT2D eigenvalue weighted by Gasteiger charge is -2.09. The molecule has 0 aliphatic heterocycles. The molecule has 0 bridgehead atoms. The fraction of sp³-hybridized carbons (Fsp3) is 0.500. The van der Waals surface area contributed by atoms with E-state index in [1.54, 1.807) is 6.07 Å². The molecule has 0 fully saturated rings. The van der Waals surface area contributed by atoms with Gasteiger partial charge in [-0.3, -0.25) is 0 Å². The van der Waals surface area contributed by atoms with Crippen molar-refractivity contribution in [2.24, 2.45) is 0 Å². The summed E-state index contributed by atoms with van der Waals surface area (Å²) in [6.07, 6.45) is 2.27. The standard InChI is InChI=1S/C12H16BrCl2N/c1-2-10(13)5-6-16-8-9-7-11(14)3-4-12(9)15/h3-4,7,10,16H,2,5-6,8H2,1H3. The molecule has 1 rings (SSSR count). The molecule has 90 valence electrons. The predicted molar refractivity (Wildman–Crippen MR) is 75.8 cm³/mol. The van der Waals surface area contributed by atoms with E-state index in [0.717, 1.165) is 41.5 Å². The molecule has 4 heteroatoms. The van der Waals surface area contributed by atoms with Crippen LogP contribution in [0.15, 0.2) is 18.2 Å². The minimum absolute atomic E-state index is 0.592. The maximum absolute atomic E-state index is 6.06. The molecule has 0 saturated carbocycles. The molecule has 1 nitrogen and oxygen atoms in total.